The van der Waals surface area contributed by atoms with Crippen LogP contribution in [-0.4, -0.2) is 0 Å². The van der Waals surface area contributed by atoms with Crippen LogP contribution < -0.4 is 0 Å². The molecule has 0 saturated carbocycles. The van der Waals surface area contributed by atoms with Crippen LogP contribution in [0.2, 0.25) is 0 Å². The Kier molecular flexibility index (Phi) is 3.78. The van der Waals surface area contributed by atoms with Crippen molar-refractivity contribution in [1.29, 1.82) is 0 Å². The molecule has 17 heavy (non-hydrogen) atoms. The van der Waals surface area contributed by atoms with Crippen LogP contribution in [0.5, 0.6) is 0 Å². The summed E-state index contributed by atoms with van der Waals surface area (Å²) in [5.74, 6) is 5.98. The molecule has 0 unspecified atom stereocenters. The van der Waals surface area contributed by atoms with Crippen LogP contribution in [0, 0.1) is 11.8 Å². The van der Waals surface area contributed by atoms with Crippen molar-refractivity contribution < 1.29 is 0 Å². The van der Waals surface area contributed by atoms with Crippen LogP contribution >= 0.6 is 0 Å². The predicted octanol–water partition coefficient (Wildman–Crippen LogP) is 4.09. The van der Waals surface area contributed by atoms with Crippen molar-refractivity contribution in [2.45, 2.75) is 6.42 Å². The van der Waals surface area contributed by atoms with Crippen molar-refractivity contribution in [3.8, 4) is 23.0 Å². The van der Waals surface area contributed by atoms with Gasteiger partial charge < -0.3 is 0 Å². The minimum Gasteiger partial charge on any atom is -0.0937 e. The first-order chi connectivity index (χ1) is 8.42. The lowest BCUT2D eigenvalue weighted by atomic mass is 9.98. The SMILES string of the molecule is C=CC#CCc1ccccc1-c1ccccc1. The molecule has 2 aromatic rings. The minimum atomic E-state index is 0.761. The average Bonchev–Trinajstić information content (AvgIpc) is 2.41. The fourth-order valence-electron chi connectivity index (χ4n) is 1.79. The van der Waals surface area contributed by atoms with Gasteiger partial charge in [-0.2, -0.15) is 0 Å². The van der Waals surface area contributed by atoms with Crippen LogP contribution in [0.3, 0.4) is 0 Å². The molecule has 0 N–H and O–H groups in total. The van der Waals surface area contributed by atoms with E-state index in [1.54, 1.807) is 6.08 Å². The topological polar surface area (TPSA) is 0 Å². The van der Waals surface area contributed by atoms with Gasteiger partial charge in [-0.3, -0.25) is 0 Å². The van der Waals surface area contributed by atoms with Crippen molar-refractivity contribution >= 4 is 0 Å². The molecule has 0 aliphatic carbocycles. The Hall–Kier alpha value is -2.26. The lowest BCUT2D eigenvalue weighted by Gasteiger charge is -2.06. The smallest absolute Gasteiger partial charge is 0.0350 e. The number of allylic oxidation sites excluding steroid dienone is 1. The molecule has 0 fully saturated rings. The van der Waals surface area contributed by atoms with E-state index in [0.29, 0.717) is 0 Å². The monoisotopic (exact) mass is 218 g/mol. The van der Waals surface area contributed by atoms with Crippen molar-refractivity contribution in [2.24, 2.45) is 0 Å². The molecule has 0 heterocycles. The van der Waals surface area contributed by atoms with Gasteiger partial charge in [-0.05, 0) is 22.8 Å². The lowest BCUT2D eigenvalue weighted by Crippen LogP contribution is -1.87. The van der Waals surface area contributed by atoms with Gasteiger partial charge in [0.25, 0.3) is 0 Å². The predicted molar refractivity (Wildman–Crippen MR) is 73.6 cm³/mol. The Morgan fingerprint density at radius 1 is 0.941 bits per heavy atom. The molecule has 2 rings (SSSR count). The Labute approximate surface area is 103 Å². The molecule has 0 aliphatic rings. The molecule has 0 spiro atoms. The molecule has 0 aliphatic heterocycles. The summed E-state index contributed by atoms with van der Waals surface area (Å²) >= 11 is 0. The molecule has 2 aromatic carbocycles. The molecule has 0 nitrogen and oxygen atoms in total. The molecular weight excluding hydrogens is 204 g/mol. The Morgan fingerprint density at radius 2 is 1.65 bits per heavy atom. The van der Waals surface area contributed by atoms with Gasteiger partial charge in [0.2, 0.25) is 0 Å². The lowest BCUT2D eigenvalue weighted by molar-refractivity contribution is 1.32. The van der Waals surface area contributed by atoms with E-state index in [9.17, 15) is 0 Å². The highest BCUT2D eigenvalue weighted by Crippen LogP contribution is 2.23. The van der Waals surface area contributed by atoms with Crippen molar-refractivity contribution in [3.63, 3.8) is 0 Å². The summed E-state index contributed by atoms with van der Waals surface area (Å²) in [6.45, 7) is 3.60. The van der Waals surface area contributed by atoms with E-state index >= 15 is 0 Å². The molecule has 0 aromatic heterocycles. The van der Waals surface area contributed by atoms with Crippen LogP contribution in [0.15, 0.2) is 67.3 Å². The molecule has 0 amide bonds. The second kappa shape index (κ2) is 5.72. The maximum absolute atomic E-state index is 3.60. The first-order valence-electron chi connectivity index (χ1n) is 5.64. The summed E-state index contributed by atoms with van der Waals surface area (Å²) in [6.07, 6.45) is 2.39. The zero-order chi connectivity index (χ0) is 11.9. The Bertz CT molecular complexity index is 553. The van der Waals surface area contributed by atoms with E-state index in [1.165, 1.54) is 16.7 Å². The summed E-state index contributed by atoms with van der Waals surface area (Å²) < 4.78 is 0. The zero-order valence-corrected chi connectivity index (χ0v) is 9.69. The molecule has 0 heteroatoms. The first kappa shape index (κ1) is 11.2. The van der Waals surface area contributed by atoms with Gasteiger partial charge in [0.1, 0.15) is 0 Å². The van der Waals surface area contributed by atoms with Crippen molar-refractivity contribution in [2.75, 3.05) is 0 Å². The van der Waals surface area contributed by atoms with E-state index in [-0.39, 0.29) is 0 Å². The quantitative estimate of drug-likeness (QED) is 0.666. The molecule has 0 saturated heterocycles. The normalized spacial score (nSPS) is 9.18. The van der Waals surface area contributed by atoms with E-state index < -0.39 is 0 Å². The highest BCUT2D eigenvalue weighted by molar-refractivity contribution is 5.67. The zero-order valence-electron chi connectivity index (χ0n) is 9.69. The summed E-state index contributed by atoms with van der Waals surface area (Å²) in [5.41, 5.74) is 3.75. The second-order valence-corrected chi connectivity index (χ2v) is 3.73. The van der Waals surface area contributed by atoms with Gasteiger partial charge in [0, 0.05) is 6.42 Å². The van der Waals surface area contributed by atoms with Crippen LogP contribution in [-0.2, 0) is 6.42 Å². The largest absolute Gasteiger partial charge is 0.0937 e. The molecule has 0 radical (unpaired) electrons. The number of hydrogen-bond acceptors (Lipinski definition) is 0. The van der Waals surface area contributed by atoms with E-state index in [4.69, 9.17) is 0 Å². The third-order valence-corrected chi connectivity index (χ3v) is 2.59. The Balaban J connectivity index is 2.37. The van der Waals surface area contributed by atoms with Crippen molar-refractivity contribution in [1.82, 2.24) is 0 Å². The van der Waals surface area contributed by atoms with Gasteiger partial charge in [0.15, 0.2) is 0 Å². The number of rotatable bonds is 2. The minimum absolute atomic E-state index is 0.761. The van der Waals surface area contributed by atoms with Gasteiger partial charge in [-0.25, -0.2) is 0 Å². The second-order valence-electron chi connectivity index (χ2n) is 3.73. The van der Waals surface area contributed by atoms with Gasteiger partial charge >= 0.3 is 0 Å². The average molecular weight is 218 g/mol. The number of benzene rings is 2. The fourth-order valence-corrected chi connectivity index (χ4v) is 1.79. The number of hydrogen-bond donors (Lipinski definition) is 0. The van der Waals surface area contributed by atoms with Gasteiger partial charge in [-0.1, -0.05) is 73.0 Å². The third kappa shape index (κ3) is 2.86. The highest BCUT2D eigenvalue weighted by atomic mass is 14.1. The Morgan fingerprint density at radius 3 is 2.41 bits per heavy atom. The van der Waals surface area contributed by atoms with Crippen LogP contribution in [0.1, 0.15) is 5.56 Å². The van der Waals surface area contributed by atoms with Crippen molar-refractivity contribution in [3.05, 3.63) is 72.8 Å². The van der Waals surface area contributed by atoms with E-state index in [0.717, 1.165) is 6.42 Å². The summed E-state index contributed by atoms with van der Waals surface area (Å²) in [6, 6.07) is 18.8. The molecule has 0 atom stereocenters. The maximum atomic E-state index is 3.60. The highest BCUT2D eigenvalue weighted by Gasteiger charge is 2.01. The van der Waals surface area contributed by atoms with E-state index in [2.05, 4.69) is 67.0 Å². The van der Waals surface area contributed by atoms with Crippen LogP contribution in [0.4, 0.5) is 0 Å². The maximum Gasteiger partial charge on any atom is 0.0350 e. The molecular formula is C17H14. The van der Waals surface area contributed by atoms with Gasteiger partial charge in [-0.15, -0.1) is 0 Å². The standard InChI is InChI=1S/C17H14/c1-2-3-5-10-15-13-8-9-14-17(15)16-11-6-4-7-12-16/h2,4,6-9,11-14H,1,10H2. The van der Waals surface area contributed by atoms with E-state index in [1.807, 2.05) is 6.07 Å². The first-order valence-corrected chi connectivity index (χ1v) is 5.64. The third-order valence-electron chi connectivity index (χ3n) is 2.59. The summed E-state index contributed by atoms with van der Waals surface area (Å²) in [7, 11) is 0. The van der Waals surface area contributed by atoms with Crippen LogP contribution in [0.25, 0.3) is 11.1 Å². The fraction of sp³-hybridized carbons (Fsp3) is 0.0588. The molecule has 0 bridgehead atoms. The summed E-state index contributed by atoms with van der Waals surface area (Å²) in [5, 5.41) is 0. The summed E-state index contributed by atoms with van der Waals surface area (Å²) in [4.78, 5) is 0. The van der Waals surface area contributed by atoms with Gasteiger partial charge in [0.05, 0.1) is 0 Å². The molecule has 82 valence electrons.